The fraction of sp³-hybridized carbons (Fsp3) is 0.0556. The lowest BCUT2D eigenvalue weighted by Gasteiger charge is -2.11. The Morgan fingerprint density at radius 3 is 2.68 bits per heavy atom. The quantitative estimate of drug-likeness (QED) is 0.741. The van der Waals surface area contributed by atoms with Gasteiger partial charge in [-0.05, 0) is 36.4 Å². The van der Waals surface area contributed by atoms with Crippen molar-refractivity contribution in [2.45, 2.75) is 0 Å². The molecule has 2 aromatic carbocycles. The van der Waals surface area contributed by atoms with Crippen LogP contribution in [0.4, 0.5) is 5.69 Å². The molecule has 3 rings (SSSR count). The molecular weight excluding hydrogens is 344 g/mol. The van der Waals surface area contributed by atoms with Gasteiger partial charge in [0.05, 0.1) is 29.4 Å². The van der Waals surface area contributed by atoms with Gasteiger partial charge in [0.25, 0.3) is 5.91 Å². The predicted octanol–water partition coefficient (Wildman–Crippen LogP) is 3.85. The normalized spacial score (nSPS) is 10.5. The Labute approximate surface area is 148 Å². The van der Waals surface area contributed by atoms with Crippen molar-refractivity contribution in [2.75, 3.05) is 12.4 Å². The van der Waals surface area contributed by atoms with Gasteiger partial charge in [-0.1, -0.05) is 17.7 Å². The second kappa shape index (κ2) is 6.78. The van der Waals surface area contributed by atoms with Crippen LogP contribution in [-0.4, -0.2) is 29.1 Å². The minimum absolute atomic E-state index is 0.0963. The number of hydrogen-bond acceptors (Lipinski definition) is 4. The highest BCUT2D eigenvalue weighted by molar-refractivity contribution is 6.31. The summed E-state index contributed by atoms with van der Waals surface area (Å²) < 4.78 is 5.22. The van der Waals surface area contributed by atoms with Gasteiger partial charge in [0.1, 0.15) is 5.75 Å². The van der Waals surface area contributed by atoms with Crippen molar-refractivity contribution < 1.29 is 19.4 Å². The van der Waals surface area contributed by atoms with E-state index in [0.717, 1.165) is 5.39 Å². The Morgan fingerprint density at radius 2 is 1.96 bits per heavy atom. The van der Waals surface area contributed by atoms with E-state index < -0.39 is 11.9 Å². The highest BCUT2D eigenvalue weighted by Crippen LogP contribution is 2.26. The molecule has 1 aromatic heterocycles. The lowest BCUT2D eigenvalue weighted by Crippen LogP contribution is -2.15. The zero-order chi connectivity index (χ0) is 18.0. The molecule has 6 nitrogen and oxygen atoms in total. The first-order valence-corrected chi connectivity index (χ1v) is 7.64. The highest BCUT2D eigenvalue weighted by atomic mass is 35.5. The van der Waals surface area contributed by atoms with Crippen LogP contribution in [0.1, 0.15) is 20.7 Å². The van der Waals surface area contributed by atoms with Crippen LogP contribution in [0.15, 0.2) is 48.7 Å². The third-order valence-corrected chi connectivity index (χ3v) is 3.85. The van der Waals surface area contributed by atoms with E-state index in [1.54, 1.807) is 24.4 Å². The molecule has 1 heterocycles. The monoisotopic (exact) mass is 356 g/mol. The molecular formula is C18H13ClN2O4. The Bertz CT molecular complexity index is 988. The minimum Gasteiger partial charge on any atom is -0.497 e. The van der Waals surface area contributed by atoms with Crippen LogP contribution in [-0.2, 0) is 0 Å². The maximum absolute atomic E-state index is 12.7. The zero-order valence-corrected chi connectivity index (χ0v) is 13.9. The molecule has 0 fully saturated rings. The second-order valence-corrected chi connectivity index (χ2v) is 5.64. The van der Waals surface area contributed by atoms with Crippen LogP contribution in [0.2, 0.25) is 5.02 Å². The molecule has 0 radical (unpaired) electrons. The van der Waals surface area contributed by atoms with Crippen molar-refractivity contribution in [3.05, 3.63) is 64.8 Å². The lowest BCUT2D eigenvalue weighted by atomic mass is 10.1. The summed E-state index contributed by atoms with van der Waals surface area (Å²) in [5.41, 5.74) is 0.822. The molecule has 0 spiro atoms. The Hall–Kier alpha value is -3.12. The number of carbonyl (C=O) groups is 2. The molecule has 126 valence electrons. The van der Waals surface area contributed by atoms with E-state index in [2.05, 4.69) is 10.3 Å². The number of carboxylic acids is 1. The summed E-state index contributed by atoms with van der Waals surface area (Å²) in [6, 6.07) is 11.1. The molecule has 0 aliphatic rings. The average molecular weight is 357 g/mol. The number of hydrogen-bond donors (Lipinski definition) is 2. The number of methoxy groups -OCH3 is 1. The summed E-state index contributed by atoms with van der Waals surface area (Å²) in [5.74, 6) is -1.18. The van der Waals surface area contributed by atoms with Gasteiger partial charge in [0, 0.05) is 16.6 Å². The third kappa shape index (κ3) is 3.39. The van der Waals surface area contributed by atoms with Crippen molar-refractivity contribution in [3.63, 3.8) is 0 Å². The van der Waals surface area contributed by atoms with Crippen LogP contribution in [0.3, 0.4) is 0 Å². The number of fused-ring (bicyclic) bond motifs is 1. The number of aromatic carboxylic acids is 1. The summed E-state index contributed by atoms with van der Waals surface area (Å²) in [4.78, 5) is 28.3. The summed E-state index contributed by atoms with van der Waals surface area (Å²) in [6.07, 6.45) is 1.58. The average Bonchev–Trinajstić information content (AvgIpc) is 2.61. The number of aromatic nitrogens is 1. The van der Waals surface area contributed by atoms with E-state index in [1.807, 2.05) is 6.07 Å². The topological polar surface area (TPSA) is 88.5 Å². The fourth-order valence-electron chi connectivity index (χ4n) is 2.45. The van der Waals surface area contributed by atoms with Gasteiger partial charge in [-0.15, -0.1) is 0 Å². The molecule has 0 bridgehead atoms. The molecule has 25 heavy (non-hydrogen) atoms. The highest BCUT2D eigenvalue weighted by Gasteiger charge is 2.17. The number of amides is 1. The molecule has 7 heteroatoms. The number of anilines is 1. The molecule has 0 aliphatic carbocycles. The molecule has 1 amide bonds. The number of carboxylic acid groups (broad SMARTS) is 1. The summed E-state index contributed by atoms with van der Waals surface area (Å²) in [7, 11) is 1.50. The predicted molar refractivity (Wildman–Crippen MR) is 94.7 cm³/mol. The number of rotatable bonds is 4. The zero-order valence-electron chi connectivity index (χ0n) is 13.1. The van der Waals surface area contributed by atoms with Crippen LogP contribution < -0.4 is 10.1 Å². The van der Waals surface area contributed by atoms with E-state index in [4.69, 9.17) is 16.3 Å². The Morgan fingerprint density at radius 1 is 1.16 bits per heavy atom. The van der Waals surface area contributed by atoms with Gasteiger partial charge >= 0.3 is 5.97 Å². The van der Waals surface area contributed by atoms with E-state index in [9.17, 15) is 14.7 Å². The smallest absolute Gasteiger partial charge is 0.337 e. The number of carbonyl (C=O) groups excluding carboxylic acids is 1. The molecule has 0 saturated heterocycles. The first-order chi connectivity index (χ1) is 12.0. The maximum Gasteiger partial charge on any atom is 0.337 e. The molecule has 0 unspecified atom stereocenters. The van der Waals surface area contributed by atoms with Crippen LogP contribution >= 0.6 is 11.6 Å². The standard InChI is InChI=1S/C18H13ClN2O4/c1-25-12-7-10-3-2-6-20-16(10)14(9-12)17(22)21-15-5-4-11(19)8-13(15)18(23)24/h2-9H,1H3,(H,21,22)(H,23,24). The van der Waals surface area contributed by atoms with E-state index in [-0.39, 0.29) is 21.8 Å². The van der Waals surface area contributed by atoms with Crippen molar-refractivity contribution in [1.29, 1.82) is 0 Å². The number of ether oxygens (including phenoxy) is 1. The van der Waals surface area contributed by atoms with E-state index in [1.165, 1.54) is 25.3 Å². The van der Waals surface area contributed by atoms with Crippen LogP contribution in [0.5, 0.6) is 5.75 Å². The SMILES string of the molecule is COc1cc(C(=O)Nc2ccc(Cl)cc2C(=O)O)c2ncccc2c1. The van der Waals surface area contributed by atoms with Crippen molar-refractivity contribution in [2.24, 2.45) is 0 Å². The number of nitrogens with zero attached hydrogens (tertiary/aromatic N) is 1. The summed E-state index contributed by atoms with van der Waals surface area (Å²) >= 11 is 5.83. The molecule has 0 aliphatic heterocycles. The largest absolute Gasteiger partial charge is 0.497 e. The second-order valence-electron chi connectivity index (χ2n) is 5.20. The number of halogens is 1. The van der Waals surface area contributed by atoms with Gasteiger partial charge in [-0.3, -0.25) is 9.78 Å². The molecule has 0 saturated carbocycles. The summed E-state index contributed by atoms with van der Waals surface area (Å²) in [6.45, 7) is 0. The number of nitrogens with one attached hydrogen (secondary N) is 1. The maximum atomic E-state index is 12.7. The Balaban J connectivity index is 2.05. The lowest BCUT2D eigenvalue weighted by molar-refractivity contribution is 0.0698. The van der Waals surface area contributed by atoms with Gasteiger partial charge in [0.2, 0.25) is 0 Å². The Kier molecular flexibility index (Phi) is 4.54. The van der Waals surface area contributed by atoms with E-state index in [0.29, 0.717) is 11.3 Å². The first kappa shape index (κ1) is 16.7. The molecule has 3 aromatic rings. The third-order valence-electron chi connectivity index (χ3n) is 3.62. The number of pyridine rings is 1. The molecule has 0 atom stereocenters. The van der Waals surface area contributed by atoms with E-state index >= 15 is 0 Å². The van der Waals surface area contributed by atoms with Crippen molar-refractivity contribution in [3.8, 4) is 5.75 Å². The fourth-order valence-corrected chi connectivity index (χ4v) is 2.62. The molecule has 2 N–H and O–H groups in total. The first-order valence-electron chi connectivity index (χ1n) is 7.26. The van der Waals surface area contributed by atoms with Gasteiger partial charge in [-0.25, -0.2) is 4.79 Å². The van der Waals surface area contributed by atoms with Crippen LogP contribution in [0, 0.1) is 0 Å². The van der Waals surface area contributed by atoms with Crippen molar-refractivity contribution in [1.82, 2.24) is 4.98 Å². The summed E-state index contributed by atoms with van der Waals surface area (Å²) in [5, 5.41) is 12.9. The van der Waals surface area contributed by atoms with Crippen LogP contribution in [0.25, 0.3) is 10.9 Å². The van der Waals surface area contributed by atoms with Gasteiger partial charge in [-0.2, -0.15) is 0 Å². The minimum atomic E-state index is -1.19. The van der Waals surface area contributed by atoms with Gasteiger partial charge < -0.3 is 15.2 Å². The number of benzene rings is 2. The van der Waals surface area contributed by atoms with Gasteiger partial charge in [0.15, 0.2) is 0 Å². The van der Waals surface area contributed by atoms with Crippen molar-refractivity contribution >= 4 is 40.1 Å².